The van der Waals surface area contributed by atoms with Gasteiger partial charge in [0, 0.05) is 30.7 Å². The third kappa shape index (κ3) is 2.86. The van der Waals surface area contributed by atoms with E-state index in [-0.39, 0.29) is 6.10 Å². The number of nitrogens with zero attached hydrogens (tertiary/aromatic N) is 4. The first-order valence-electron chi connectivity index (χ1n) is 9.61. The molecule has 1 amide bonds. The van der Waals surface area contributed by atoms with Crippen LogP contribution in [0.1, 0.15) is 31.1 Å². The van der Waals surface area contributed by atoms with Crippen LogP contribution in [0.15, 0.2) is 49.2 Å². The Morgan fingerprint density at radius 1 is 1.25 bits per heavy atom. The SMILES string of the molecule is O=C(N1CCO[C@H](c2ncn3cc(-c4cccnc4)ccc23)C1)C1(F)CCC1. The topological polar surface area (TPSA) is 59.7 Å². The number of rotatable bonds is 3. The minimum Gasteiger partial charge on any atom is -0.368 e. The van der Waals surface area contributed by atoms with Crippen LogP contribution in [-0.2, 0) is 9.53 Å². The molecule has 2 aliphatic rings. The number of aromatic nitrogens is 3. The van der Waals surface area contributed by atoms with Crippen molar-refractivity contribution in [2.45, 2.75) is 31.0 Å². The Hall–Kier alpha value is -2.80. The van der Waals surface area contributed by atoms with E-state index in [4.69, 9.17) is 4.74 Å². The van der Waals surface area contributed by atoms with E-state index in [2.05, 4.69) is 9.97 Å². The Morgan fingerprint density at radius 3 is 2.89 bits per heavy atom. The lowest BCUT2D eigenvalue weighted by molar-refractivity contribution is -0.157. The van der Waals surface area contributed by atoms with Crippen molar-refractivity contribution in [2.75, 3.05) is 19.7 Å². The number of carbonyl (C=O) groups is 1. The summed E-state index contributed by atoms with van der Waals surface area (Å²) >= 11 is 0. The molecule has 3 aromatic heterocycles. The third-order valence-corrected chi connectivity index (χ3v) is 5.74. The van der Waals surface area contributed by atoms with Crippen LogP contribution in [0.4, 0.5) is 4.39 Å². The van der Waals surface area contributed by atoms with E-state index in [0.29, 0.717) is 32.5 Å². The van der Waals surface area contributed by atoms with Crippen molar-refractivity contribution in [3.8, 4) is 11.1 Å². The molecule has 0 spiro atoms. The molecule has 1 aliphatic heterocycles. The molecule has 4 heterocycles. The van der Waals surface area contributed by atoms with Crippen LogP contribution < -0.4 is 0 Å². The van der Waals surface area contributed by atoms with E-state index < -0.39 is 11.6 Å². The summed E-state index contributed by atoms with van der Waals surface area (Å²) in [4.78, 5) is 22.8. The standard InChI is InChI=1S/C21H21FN4O2/c22-21(6-2-7-21)20(27)25-9-10-28-18(13-25)19-17-5-4-16(12-26(17)14-24-19)15-3-1-8-23-11-15/h1,3-5,8,11-12,14,18H,2,6-7,9-10,13H2/t18-/m0/s1. The first-order chi connectivity index (χ1) is 13.6. The van der Waals surface area contributed by atoms with Gasteiger partial charge in [0.05, 0.1) is 30.7 Å². The van der Waals surface area contributed by atoms with Crippen molar-refractivity contribution in [1.82, 2.24) is 19.3 Å². The van der Waals surface area contributed by atoms with Crippen molar-refractivity contribution in [1.29, 1.82) is 0 Å². The van der Waals surface area contributed by atoms with Gasteiger partial charge in [-0.1, -0.05) is 12.1 Å². The minimum atomic E-state index is -1.67. The van der Waals surface area contributed by atoms with Crippen LogP contribution in [0.25, 0.3) is 16.6 Å². The van der Waals surface area contributed by atoms with Crippen LogP contribution in [0.3, 0.4) is 0 Å². The highest BCUT2D eigenvalue weighted by Crippen LogP contribution is 2.38. The van der Waals surface area contributed by atoms with Crippen LogP contribution in [0, 0.1) is 0 Å². The lowest BCUT2D eigenvalue weighted by Gasteiger charge is -2.40. The highest BCUT2D eigenvalue weighted by atomic mass is 19.1. The summed E-state index contributed by atoms with van der Waals surface area (Å²) in [7, 11) is 0. The largest absolute Gasteiger partial charge is 0.368 e. The molecule has 0 radical (unpaired) electrons. The van der Waals surface area contributed by atoms with Crippen LogP contribution in [-0.4, -0.2) is 50.5 Å². The molecule has 3 aromatic rings. The second kappa shape index (κ2) is 6.67. The molecule has 7 heteroatoms. The fourth-order valence-corrected chi connectivity index (χ4v) is 3.96. The fraction of sp³-hybridized carbons (Fsp3) is 0.381. The molecule has 2 fully saturated rings. The summed E-state index contributed by atoms with van der Waals surface area (Å²) in [6, 6.07) is 7.93. The van der Waals surface area contributed by atoms with Gasteiger partial charge >= 0.3 is 0 Å². The van der Waals surface area contributed by atoms with E-state index in [1.54, 1.807) is 17.4 Å². The maximum Gasteiger partial charge on any atom is 0.260 e. The summed E-state index contributed by atoms with van der Waals surface area (Å²) in [5.41, 5.74) is 2.09. The van der Waals surface area contributed by atoms with Gasteiger partial charge in [-0.2, -0.15) is 0 Å². The second-order valence-corrected chi connectivity index (χ2v) is 7.51. The van der Waals surface area contributed by atoms with Gasteiger partial charge in [-0.25, -0.2) is 9.37 Å². The van der Waals surface area contributed by atoms with Crippen molar-refractivity contribution >= 4 is 11.4 Å². The van der Waals surface area contributed by atoms with E-state index in [0.717, 1.165) is 28.8 Å². The maximum atomic E-state index is 14.6. The van der Waals surface area contributed by atoms with Gasteiger partial charge in [-0.15, -0.1) is 0 Å². The van der Waals surface area contributed by atoms with Gasteiger partial charge < -0.3 is 14.0 Å². The molecule has 6 nitrogen and oxygen atoms in total. The molecule has 5 rings (SSSR count). The first-order valence-corrected chi connectivity index (χ1v) is 9.61. The van der Waals surface area contributed by atoms with Gasteiger partial charge in [-0.05, 0) is 37.0 Å². The van der Waals surface area contributed by atoms with Gasteiger partial charge in [-0.3, -0.25) is 9.78 Å². The highest BCUT2D eigenvalue weighted by Gasteiger charge is 2.47. The molecule has 0 aromatic carbocycles. The Labute approximate surface area is 162 Å². The number of fused-ring (bicyclic) bond motifs is 1. The van der Waals surface area contributed by atoms with Crippen molar-refractivity contribution < 1.29 is 13.9 Å². The Bertz CT molecular complexity index is 1020. The normalized spacial score (nSPS) is 21.5. The maximum absolute atomic E-state index is 14.6. The summed E-state index contributed by atoms with van der Waals surface area (Å²) in [5.74, 6) is -0.394. The summed E-state index contributed by atoms with van der Waals surface area (Å²) in [6.45, 7) is 1.15. The quantitative estimate of drug-likeness (QED) is 0.700. The third-order valence-electron chi connectivity index (χ3n) is 5.74. The number of hydrogen-bond donors (Lipinski definition) is 0. The average Bonchev–Trinajstić information content (AvgIpc) is 3.15. The molecule has 1 saturated heterocycles. The van der Waals surface area contributed by atoms with Gasteiger partial charge in [0.25, 0.3) is 5.91 Å². The molecule has 144 valence electrons. The Morgan fingerprint density at radius 2 is 2.14 bits per heavy atom. The van der Waals surface area contributed by atoms with Crippen molar-refractivity contribution in [3.05, 3.63) is 54.9 Å². The summed E-state index contributed by atoms with van der Waals surface area (Å²) < 4.78 is 22.4. The van der Waals surface area contributed by atoms with Crippen molar-refractivity contribution in [2.24, 2.45) is 0 Å². The Balaban J connectivity index is 1.40. The number of imidazole rings is 1. The molecule has 0 unspecified atom stereocenters. The van der Waals surface area contributed by atoms with E-state index in [1.807, 2.05) is 41.1 Å². The summed E-state index contributed by atoms with van der Waals surface area (Å²) in [6.07, 6.45) is 8.40. The van der Waals surface area contributed by atoms with Crippen LogP contribution in [0.2, 0.25) is 0 Å². The Kier molecular flexibility index (Phi) is 4.12. The van der Waals surface area contributed by atoms with E-state index in [1.165, 1.54) is 0 Å². The zero-order valence-electron chi connectivity index (χ0n) is 15.4. The lowest BCUT2D eigenvalue weighted by Crippen LogP contribution is -2.53. The molecule has 0 N–H and O–H groups in total. The fourth-order valence-electron chi connectivity index (χ4n) is 3.96. The smallest absolute Gasteiger partial charge is 0.260 e. The minimum absolute atomic E-state index is 0.332. The zero-order valence-corrected chi connectivity index (χ0v) is 15.4. The molecule has 28 heavy (non-hydrogen) atoms. The first kappa shape index (κ1) is 17.3. The highest BCUT2D eigenvalue weighted by molar-refractivity contribution is 5.86. The number of morpholine rings is 1. The van der Waals surface area contributed by atoms with Gasteiger partial charge in [0.1, 0.15) is 6.10 Å². The number of amides is 1. The second-order valence-electron chi connectivity index (χ2n) is 7.51. The van der Waals surface area contributed by atoms with E-state index >= 15 is 0 Å². The monoisotopic (exact) mass is 380 g/mol. The molecule has 1 saturated carbocycles. The number of carbonyl (C=O) groups excluding carboxylic acids is 1. The van der Waals surface area contributed by atoms with Crippen LogP contribution >= 0.6 is 0 Å². The molecule has 0 bridgehead atoms. The van der Waals surface area contributed by atoms with E-state index in [9.17, 15) is 9.18 Å². The lowest BCUT2D eigenvalue weighted by atomic mass is 9.81. The van der Waals surface area contributed by atoms with Gasteiger partial charge in [0.2, 0.25) is 0 Å². The molecular formula is C21H21FN4O2. The number of halogens is 1. The number of alkyl halides is 1. The number of pyridine rings is 2. The molecule has 1 atom stereocenters. The van der Waals surface area contributed by atoms with Crippen molar-refractivity contribution in [3.63, 3.8) is 0 Å². The molecule has 1 aliphatic carbocycles. The average molecular weight is 380 g/mol. The summed E-state index contributed by atoms with van der Waals surface area (Å²) in [5, 5.41) is 0. The van der Waals surface area contributed by atoms with Crippen LogP contribution in [0.5, 0.6) is 0 Å². The predicted molar refractivity (Wildman–Crippen MR) is 101 cm³/mol. The zero-order chi connectivity index (χ0) is 19.1. The van der Waals surface area contributed by atoms with Gasteiger partial charge in [0.15, 0.2) is 5.67 Å². The number of hydrogen-bond acceptors (Lipinski definition) is 4. The molecular weight excluding hydrogens is 359 g/mol. The number of ether oxygens (including phenoxy) is 1. The predicted octanol–water partition coefficient (Wildman–Crippen LogP) is 3.19.